The second-order valence-corrected chi connectivity index (χ2v) is 13.3. The van der Waals surface area contributed by atoms with Crippen molar-refractivity contribution in [2.45, 2.75) is 57.3 Å². The van der Waals surface area contributed by atoms with Crippen LogP contribution in [0.15, 0.2) is 54.7 Å². The number of nitrogens with zero attached hydrogens (tertiary/aromatic N) is 4. The molecule has 2 aromatic heterocycles. The summed E-state index contributed by atoms with van der Waals surface area (Å²) in [6.07, 6.45) is 5.62. The molecule has 0 spiro atoms. The van der Waals surface area contributed by atoms with E-state index in [0.717, 1.165) is 78.0 Å². The molecule has 2 aromatic carbocycles. The fraction of sp³-hybridized carbons (Fsp3) is 0.361. The predicted molar refractivity (Wildman–Crippen MR) is 186 cm³/mol. The van der Waals surface area contributed by atoms with E-state index in [1.807, 2.05) is 54.7 Å². The van der Waals surface area contributed by atoms with Crippen LogP contribution >= 0.6 is 23.2 Å². The van der Waals surface area contributed by atoms with Crippen molar-refractivity contribution in [2.75, 3.05) is 26.7 Å². The van der Waals surface area contributed by atoms with E-state index >= 15 is 0 Å². The number of pyridine rings is 1. The highest BCUT2D eigenvalue weighted by atomic mass is 35.5. The second kappa shape index (κ2) is 14.2. The maximum absolute atomic E-state index is 11.6. The Morgan fingerprint density at radius 1 is 0.875 bits per heavy atom. The first-order valence-corrected chi connectivity index (χ1v) is 17.1. The maximum Gasteiger partial charge on any atom is 0.220 e. The number of nitrogens with one attached hydrogen (secondary N) is 3. The molecule has 0 aliphatic carbocycles. The van der Waals surface area contributed by atoms with Crippen LogP contribution in [0.2, 0.25) is 10.0 Å². The first-order chi connectivity index (χ1) is 23.4. The molecule has 7 rings (SSSR count). The van der Waals surface area contributed by atoms with Crippen LogP contribution in [0.3, 0.4) is 0 Å². The Hall–Kier alpha value is -4.09. The van der Waals surface area contributed by atoms with Gasteiger partial charge in [0.2, 0.25) is 17.7 Å². The predicted octanol–water partition coefficient (Wildman–Crippen LogP) is 5.19. The van der Waals surface area contributed by atoms with Gasteiger partial charge in [0, 0.05) is 104 Å². The highest BCUT2D eigenvalue weighted by molar-refractivity contribution is 6.39. The number of carbonyl (C=O) groups excluding carboxylic acids is 2. The highest BCUT2D eigenvalue weighted by Crippen LogP contribution is 2.42. The minimum Gasteiger partial charge on any atom is -0.481 e. The summed E-state index contributed by atoms with van der Waals surface area (Å²) in [5.74, 6) is 1.33. The average Bonchev–Trinajstić information content (AvgIpc) is 3.71. The Labute approximate surface area is 289 Å². The molecule has 3 aliphatic heterocycles. The molecule has 48 heavy (non-hydrogen) atoms. The van der Waals surface area contributed by atoms with Gasteiger partial charge in [-0.05, 0) is 25.0 Å². The van der Waals surface area contributed by atoms with E-state index in [1.165, 1.54) is 0 Å². The van der Waals surface area contributed by atoms with Crippen molar-refractivity contribution in [1.29, 1.82) is 0 Å². The number of halogens is 2. The van der Waals surface area contributed by atoms with Gasteiger partial charge in [-0.1, -0.05) is 59.6 Å². The topological polar surface area (TPSA) is 121 Å². The van der Waals surface area contributed by atoms with Crippen molar-refractivity contribution in [2.24, 2.45) is 0 Å². The summed E-state index contributed by atoms with van der Waals surface area (Å²) in [6.45, 7) is 3.72. The Balaban J connectivity index is 1.09. The Kier molecular flexibility index (Phi) is 9.59. The van der Waals surface area contributed by atoms with E-state index < -0.39 is 0 Å². The quantitative estimate of drug-likeness (QED) is 0.209. The van der Waals surface area contributed by atoms with Crippen LogP contribution in [0, 0.1) is 0 Å². The molecule has 2 atom stereocenters. The van der Waals surface area contributed by atoms with E-state index in [-0.39, 0.29) is 23.9 Å². The normalized spacial score (nSPS) is 19.2. The lowest BCUT2D eigenvalue weighted by Crippen LogP contribution is -2.41. The number of carbonyl (C=O) groups is 2. The van der Waals surface area contributed by atoms with Crippen molar-refractivity contribution in [3.05, 3.63) is 81.6 Å². The molecule has 10 nitrogen and oxygen atoms in total. The Morgan fingerprint density at radius 3 is 2.27 bits per heavy atom. The molecule has 2 fully saturated rings. The van der Waals surface area contributed by atoms with Crippen LogP contribution in [0.5, 0.6) is 5.88 Å². The summed E-state index contributed by atoms with van der Waals surface area (Å²) in [5.41, 5.74) is 6.77. The molecule has 5 heterocycles. The summed E-state index contributed by atoms with van der Waals surface area (Å²) in [7, 11) is 1.60. The standard InChI is InChI=1S/C36H37Cl2N7O3/c1-48-36-21(16-39-18-23-9-12-31(46)41-23)8-11-30(44-36)27-6-2-4-25(33(27)37)26-5-3-7-28(34(26)38)35-40-17-22-19-45(15-14-29(22)43-35)20-24-10-13-32(47)42-24/h2-8,11,17,23-24,39H,9-10,12-16,18-20H2,1H3,(H,41,46)(H,42,47). The number of amides is 2. The lowest BCUT2D eigenvalue weighted by molar-refractivity contribution is -0.120. The van der Waals surface area contributed by atoms with Crippen molar-refractivity contribution >= 4 is 35.0 Å². The van der Waals surface area contributed by atoms with Gasteiger partial charge in [-0.3, -0.25) is 14.5 Å². The molecule has 0 radical (unpaired) electrons. The summed E-state index contributed by atoms with van der Waals surface area (Å²) < 4.78 is 5.65. The monoisotopic (exact) mass is 685 g/mol. The van der Waals surface area contributed by atoms with Gasteiger partial charge >= 0.3 is 0 Å². The number of benzene rings is 2. The van der Waals surface area contributed by atoms with Crippen LogP contribution in [0.1, 0.15) is 42.5 Å². The zero-order valence-electron chi connectivity index (χ0n) is 26.7. The van der Waals surface area contributed by atoms with Gasteiger partial charge in [0.1, 0.15) is 0 Å². The van der Waals surface area contributed by atoms with Crippen molar-refractivity contribution < 1.29 is 14.3 Å². The number of hydrogen-bond donors (Lipinski definition) is 3. The molecule has 0 bridgehead atoms. The number of rotatable bonds is 10. The van der Waals surface area contributed by atoms with E-state index in [0.29, 0.717) is 53.4 Å². The van der Waals surface area contributed by atoms with E-state index in [4.69, 9.17) is 42.9 Å². The number of ether oxygens (including phenoxy) is 1. The molecule has 0 saturated carbocycles. The summed E-state index contributed by atoms with van der Waals surface area (Å²) in [5, 5.41) is 10.5. The molecular formula is C36H37Cl2N7O3. The first kappa shape index (κ1) is 32.5. The molecule has 3 N–H and O–H groups in total. The molecule has 4 aromatic rings. The number of methoxy groups -OCH3 is 1. The van der Waals surface area contributed by atoms with E-state index in [2.05, 4.69) is 20.9 Å². The lowest BCUT2D eigenvalue weighted by atomic mass is 9.98. The van der Waals surface area contributed by atoms with Crippen molar-refractivity contribution in [3.63, 3.8) is 0 Å². The molecular weight excluding hydrogens is 649 g/mol. The molecule has 3 aliphatic rings. The van der Waals surface area contributed by atoms with Crippen LogP contribution in [-0.2, 0) is 29.1 Å². The molecule has 2 saturated heterocycles. The summed E-state index contributed by atoms with van der Waals surface area (Å²) >= 11 is 14.2. The lowest BCUT2D eigenvalue weighted by Gasteiger charge is -2.30. The SMILES string of the molecule is COc1nc(-c2cccc(-c3cccc(-c4ncc5c(n4)CCN(CC4CCC(=O)N4)C5)c3Cl)c2Cl)ccc1CNCC1CCC(=O)N1. The van der Waals surface area contributed by atoms with Gasteiger partial charge in [0.15, 0.2) is 5.82 Å². The summed E-state index contributed by atoms with van der Waals surface area (Å²) in [6, 6.07) is 15.9. The van der Waals surface area contributed by atoms with Gasteiger partial charge in [0.25, 0.3) is 0 Å². The van der Waals surface area contributed by atoms with Crippen LogP contribution in [0.25, 0.3) is 33.8 Å². The van der Waals surface area contributed by atoms with Crippen molar-refractivity contribution in [3.8, 4) is 39.7 Å². The molecule has 248 valence electrons. The minimum atomic E-state index is 0.102. The fourth-order valence-corrected chi connectivity index (χ4v) is 7.42. The zero-order chi connectivity index (χ0) is 33.2. The second-order valence-electron chi connectivity index (χ2n) is 12.6. The van der Waals surface area contributed by atoms with E-state index in [1.54, 1.807) is 7.11 Å². The minimum absolute atomic E-state index is 0.102. The third kappa shape index (κ3) is 6.89. The largest absolute Gasteiger partial charge is 0.481 e. The van der Waals surface area contributed by atoms with E-state index in [9.17, 15) is 9.59 Å². The Morgan fingerprint density at radius 2 is 1.56 bits per heavy atom. The average molecular weight is 687 g/mol. The fourth-order valence-electron chi connectivity index (χ4n) is 6.78. The third-order valence-electron chi connectivity index (χ3n) is 9.30. The van der Waals surface area contributed by atoms with Gasteiger partial charge in [0.05, 0.1) is 28.5 Å². The molecule has 2 amide bonds. The van der Waals surface area contributed by atoms with Gasteiger partial charge < -0.3 is 20.7 Å². The third-order valence-corrected chi connectivity index (χ3v) is 10.1. The molecule has 2 unspecified atom stereocenters. The summed E-state index contributed by atoms with van der Waals surface area (Å²) in [4.78, 5) is 40.0. The zero-order valence-corrected chi connectivity index (χ0v) is 28.2. The maximum atomic E-state index is 11.6. The number of hydrogen-bond acceptors (Lipinski definition) is 8. The van der Waals surface area contributed by atoms with Crippen LogP contribution in [0.4, 0.5) is 0 Å². The van der Waals surface area contributed by atoms with Crippen molar-refractivity contribution in [1.82, 2.24) is 35.8 Å². The Bertz CT molecular complexity index is 1780. The first-order valence-electron chi connectivity index (χ1n) is 16.3. The number of fused-ring (bicyclic) bond motifs is 1. The van der Waals surface area contributed by atoms with Gasteiger partial charge in [-0.2, -0.15) is 0 Å². The number of aromatic nitrogens is 3. The highest BCUT2D eigenvalue weighted by Gasteiger charge is 2.27. The van der Waals surface area contributed by atoms with Crippen LogP contribution < -0.4 is 20.7 Å². The van der Waals surface area contributed by atoms with Crippen LogP contribution in [-0.4, -0.2) is 70.5 Å². The smallest absolute Gasteiger partial charge is 0.220 e. The van der Waals surface area contributed by atoms with Gasteiger partial charge in [-0.15, -0.1) is 0 Å². The molecule has 12 heteroatoms. The van der Waals surface area contributed by atoms with Gasteiger partial charge in [-0.25, -0.2) is 15.0 Å².